The van der Waals surface area contributed by atoms with Gasteiger partial charge in [-0.25, -0.2) is 8.78 Å². The van der Waals surface area contributed by atoms with Crippen molar-refractivity contribution in [1.29, 1.82) is 0 Å². The maximum absolute atomic E-state index is 14.0. The molecule has 2 aliphatic heterocycles. The van der Waals surface area contributed by atoms with Gasteiger partial charge in [0.15, 0.2) is 11.6 Å². The molecule has 0 aromatic heterocycles. The first kappa shape index (κ1) is 22.1. The minimum absolute atomic E-state index is 0.0253. The third-order valence-corrected chi connectivity index (χ3v) is 7.25. The molecule has 1 spiro atoms. The van der Waals surface area contributed by atoms with Crippen LogP contribution < -0.4 is 15.1 Å². The van der Waals surface area contributed by atoms with E-state index in [9.17, 15) is 23.2 Å². The summed E-state index contributed by atoms with van der Waals surface area (Å²) in [6.07, 6.45) is 0. The molecule has 6 nitrogen and oxygen atoms in total. The van der Waals surface area contributed by atoms with Gasteiger partial charge in [-0.1, -0.05) is 35.9 Å². The second kappa shape index (κ2) is 8.25. The maximum atomic E-state index is 14.0. The second-order valence-electron chi connectivity index (χ2n) is 8.08. The van der Waals surface area contributed by atoms with Crippen molar-refractivity contribution in [3.63, 3.8) is 0 Å². The van der Waals surface area contributed by atoms with Crippen LogP contribution in [0.15, 0.2) is 66.7 Å². The minimum Gasteiger partial charge on any atom is -0.325 e. The first-order chi connectivity index (χ1) is 16.3. The topological polar surface area (TPSA) is 69.7 Å². The smallest absolute Gasteiger partial charge is 0.269 e. The number of anilines is 3. The molecular formula is C25H19F2N3O3S. The first-order valence-electron chi connectivity index (χ1n) is 10.5. The normalized spacial score (nSPS) is 19.1. The maximum Gasteiger partial charge on any atom is 0.269 e. The molecule has 1 fully saturated rings. The summed E-state index contributed by atoms with van der Waals surface area (Å²) >= 11 is 1.10. The summed E-state index contributed by atoms with van der Waals surface area (Å²) in [5.74, 6) is -3.51. The molecule has 1 unspecified atom stereocenters. The number of carbonyl (C=O) groups is 3. The van der Waals surface area contributed by atoms with Crippen molar-refractivity contribution in [3.05, 3.63) is 89.5 Å². The minimum atomic E-state index is -1.51. The lowest BCUT2D eigenvalue weighted by atomic mass is 10.0. The van der Waals surface area contributed by atoms with Crippen molar-refractivity contribution in [1.82, 2.24) is 0 Å². The zero-order chi connectivity index (χ0) is 24.0. The monoisotopic (exact) mass is 479 g/mol. The SMILES string of the molecule is Cc1ccc(NC(=O)CN2C(=O)C3(SCC(=O)N3c3ccc(F)c(F)c3)c3ccccc32)cc1. The molecule has 3 amide bonds. The molecule has 1 saturated heterocycles. The van der Waals surface area contributed by atoms with Gasteiger partial charge in [-0.05, 0) is 37.3 Å². The number of halogens is 2. The summed E-state index contributed by atoms with van der Waals surface area (Å²) in [6, 6.07) is 17.2. The van der Waals surface area contributed by atoms with Crippen molar-refractivity contribution in [2.45, 2.75) is 11.8 Å². The highest BCUT2D eigenvalue weighted by Crippen LogP contribution is 2.55. The number of nitrogens with zero attached hydrogens (tertiary/aromatic N) is 2. The van der Waals surface area contributed by atoms with E-state index in [1.807, 2.05) is 19.1 Å². The van der Waals surface area contributed by atoms with Gasteiger partial charge in [0.25, 0.3) is 5.91 Å². The number of nitrogens with one attached hydrogen (secondary N) is 1. The Kier molecular flexibility index (Phi) is 5.36. The number of fused-ring (bicyclic) bond motifs is 2. The summed E-state index contributed by atoms with van der Waals surface area (Å²) in [4.78, 5) is 40.6. The molecule has 1 N–H and O–H groups in total. The molecule has 0 radical (unpaired) electrons. The third kappa shape index (κ3) is 3.43. The van der Waals surface area contributed by atoms with Crippen LogP contribution in [0.1, 0.15) is 11.1 Å². The van der Waals surface area contributed by atoms with Gasteiger partial charge in [0.05, 0.1) is 11.4 Å². The molecular weight excluding hydrogens is 460 g/mol. The fourth-order valence-corrected chi connectivity index (χ4v) is 5.68. The zero-order valence-corrected chi connectivity index (χ0v) is 18.9. The van der Waals surface area contributed by atoms with Crippen LogP contribution in [0.3, 0.4) is 0 Å². The van der Waals surface area contributed by atoms with Crippen molar-refractivity contribution < 1.29 is 23.2 Å². The van der Waals surface area contributed by atoms with E-state index in [0.717, 1.165) is 29.5 Å². The number of para-hydroxylation sites is 1. The lowest BCUT2D eigenvalue weighted by molar-refractivity contribution is -0.124. The van der Waals surface area contributed by atoms with Crippen LogP contribution in [0.4, 0.5) is 25.8 Å². The highest BCUT2D eigenvalue weighted by atomic mass is 32.2. The number of thioether (sulfide) groups is 1. The van der Waals surface area contributed by atoms with E-state index in [1.54, 1.807) is 36.4 Å². The molecule has 0 bridgehead atoms. The third-order valence-electron chi connectivity index (χ3n) is 5.86. The standard InChI is InChI=1S/C25H19F2N3O3S/c1-15-6-8-16(9-7-15)28-22(31)13-29-21-5-3-2-4-18(21)25(24(29)33)30(23(32)14-34-25)17-10-11-19(26)20(27)12-17/h2-12H,13-14H2,1H3,(H,28,31). The summed E-state index contributed by atoms with van der Waals surface area (Å²) in [6.45, 7) is 1.66. The van der Waals surface area contributed by atoms with Crippen LogP contribution in [0.5, 0.6) is 0 Å². The Hall–Kier alpha value is -3.72. The largest absolute Gasteiger partial charge is 0.325 e. The van der Waals surface area contributed by atoms with Gasteiger partial charge in [-0.15, -0.1) is 11.8 Å². The number of benzene rings is 3. The van der Waals surface area contributed by atoms with Gasteiger partial charge in [0.1, 0.15) is 6.54 Å². The Morgan fingerprint density at radius 3 is 2.50 bits per heavy atom. The van der Waals surface area contributed by atoms with Gasteiger partial charge < -0.3 is 5.32 Å². The molecule has 2 aliphatic rings. The van der Waals surface area contributed by atoms with Crippen LogP contribution >= 0.6 is 11.8 Å². The Morgan fingerprint density at radius 1 is 1.03 bits per heavy atom. The van der Waals surface area contributed by atoms with Crippen molar-refractivity contribution in [2.75, 3.05) is 27.4 Å². The Labute approximate surface area is 198 Å². The number of amides is 3. The fraction of sp³-hybridized carbons (Fsp3) is 0.160. The van der Waals surface area contributed by atoms with Gasteiger partial charge in [0.2, 0.25) is 16.7 Å². The van der Waals surface area contributed by atoms with Gasteiger partial charge >= 0.3 is 0 Å². The molecule has 1 atom stereocenters. The van der Waals surface area contributed by atoms with Gasteiger partial charge in [0, 0.05) is 23.0 Å². The number of carbonyl (C=O) groups excluding carboxylic acids is 3. The molecule has 2 heterocycles. The molecule has 3 aromatic carbocycles. The van der Waals surface area contributed by atoms with E-state index in [1.165, 1.54) is 15.9 Å². The van der Waals surface area contributed by atoms with E-state index in [2.05, 4.69) is 5.32 Å². The lowest BCUT2D eigenvalue weighted by Gasteiger charge is -2.33. The molecule has 172 valence electrons. The van der Waals surface area contributed by atoms with Crippen molar-refractivity contribution in [2.24, 2.45) is 0 Å². The number of hydrogen-bond donors (Lipinski definition) is 1. The molecule has 9 heteroatoms. The summed E-state index contributed by atoms with van der Waals surface area (Å²) in [5.41, 5.74) is 2.72. The average Bonchev–Trinajstić information content (AvgIpc) is 3.28. The van der Waals surface area contributed by atoms with Gasteiger partial charge in [-0.2, -0.15) is 0 Å². The Bertz CT molecular complexity index is 1330. The highest BCUT2D eigenvalue weighted by Gasteiger charge is 2.61. The summed E-state index contributed by atoms with van der Waals surface area (Å²) in [5, 5.41) is 2.78. The quantitative estimate of drug-likeness (QED) is 0.609. The Balaban J connectivity index is 1.52. The summed E-state index contributed by atoms with van der Waals surface area (Å²) < 4.78 is 27.6. The second-order valence-corrected chi connectivity index (χ2v) is 9.25. The number of rotatable bonds is 4. The molecule has 5 rings (SSSR count). The summed E-state index contributed by atoms with van der Waals surface area (Å²) in [7, 11) is 0. The Morgan fingerprint density at radius 2 is 1.76 bits per heavy atom. The fourth-order valence-electron chi connectivity index (χ4n) is 4.32. The predicted molar refractivity (Wildman–Crippen MR) is 127 cm³/mol. The van der Waals surface area contributed by atoms with Gasteiger partial charge in [-0.3, -0.25) is 24.2 Å². The van der Waals surface area contributed by atoms with Crippen molar-refractivity contribution in [3.8, 4) is 0 Å². The highest BCUT2D eigenvalue weighted by molar-refractivity contribution is 8.02. The van der Waals surface area contributed by atoms with E-state index in [4.69, 9.17) is 0 Å². The van der Waals surface area contributed by atoms with Crippen LogP contribution in [-0.4, -0.2) is 30.0 Å². The van der Waals surface area contributed by atoms with Crippen LogP contribution in [0.25, 0.3) is 0 Å². The lowest BCUT2D eigenvalue weighted by Crippen LogP contribution is -2.51. The van der Waals surface area contributed by atoms with E-state index < -0.39 is 34.2 Å². The number of hydrogen-bond acceptors (Lipinski definition) is 4. The van der Waals surface area contributed by atoms with E-state index >= 15 is 0 Å². The van der Waals surface area contributed by atoms with E-state index in [-0.39, 0.29) is 18.0 Å². The van der Waals surface area contributed by atoms with Crippen molar-refractivity contribution >= 4 is 46.5 Å². The predicted octanol–water partition coefficient (Wildman–Crippen LogP) is 4.19. The average molecular weight is 480 g/mol. The molecule has 0 aliphatic carbocycles. The molecule has 3 aromatic rings. The van der Waals surface area contributed by atoms with Crippen LogP contribution in [0, 0.1) is 18.6 Å². The first-order valence-corrected chi connectivity index (χ1v) is 11.5. The zero-order valence-electron chi connectivity index (χ0n) is 18.0. The van der Waals surface area contributed by atoms with Crippen LogP contribution in [-0.2, 0) is 19.3 Å². The number of aryl methyl sites for hydroxylation is 1. The molecule has 34 heavy (non-hydrogen) atoms. The van der Waals surface area contributed by atoms with Crippen LogP contribution in [0.2, 0.25) is 0 Å². The van der Waals surface area contributed by atoms with E-state index in [0.29, 0.717) is 16.9 Å². The molecule has 0 saturated carbocycles.